The average molecular weight is 280 g/mol. The lowest BCUT2D eigenvalue weighted by molar-refractivity contribution is 0.213. The molecule has 0 radical (unpaired) electrons. The number of carbonyl (C=O) groups excluding carboxylic acids is 1. The molecule has 0 aliphatic heterocycles. The number of likely N-dealkylation sites (N-methyl/N-ethyl adjacent to an activating group) is 1. The molecule has 0 bridgehead atoms. The quantitative estimate of drug-likeness (QED) is 0.892. The van der Waals surface area contributed by atoms with Crippen LogP contribution in [0.5, 0.6) is 0 Å². The SMILES string of the molecule is CN(C/C=C/c1ccccc1)C(=O)NCc1ccccc1. The van der Waals surface area contributed by atoms with E-state index in [-0.39, 0.29) is 6.03 Å². The summed E-state index contributed by atoms with van der Waals surface area (Å²) in [6, 6.07) is 19.9. The lowest BCUT2D eigenvalue weighted by Crippen LogP contribution is -2.36. The highest BCUT2D eigenvalue weighted by Gasteiger charge is 2.05. The van der Waals surface area contributed by atoms with E-state index in [4.69, 9.17) is 0 Å². The minimum atomic E-state index is -0.0726. The van der Waals surface area contributed by atoms with Gasteiger partial charge in [0.15, 0.2) is 0 Å². The van der Waals surface area contributed by atoms with Gasteiger partial charge in [-0.05, 0) is 11.1 Å². The second-order valence-corrected chi connectivity index (χ2v) is 4.84. The lowest BCUT2D eigenvalue weighted by atomic mass is 10.2. The molecule has 108 valence electrons. The first-order chi connectivity index (χ1) is 10.3. The number of hydrogen-bond donors (Lipinski definition) is 1. The molecule has 0 saturated heterocycles. The Morgan fingerprint density at radius 2 is 1.67 bits per heavy atom. The zero-order chi connectivity index (χ0) is 14.9. The molecule has 0 aliphatic carbocycles. The van der Waals surface area contributed by atoms with Gasteiger partial charge in [-0.25, -0.2) is 4.79 Å². The zero-order valence-electron chi connectivity index (χ0n) is 12.2. The van der Waals surface area contributed by atoms with Crippen molar-refractivity contribution in [2.75, 3.05) is 13.6 Å². The van der Waals surface area contributed by atoms with Crippen molar-refractivity contribution in [1.82, 2.24) is 10.2 Å². The molecule has 2 rings (SSSR count). The number of amides is 2. The van der Waals surface area contributed by atoms with Crippen molar-refractivity contribution in [3.63, 3.8) is 0 Å². The lowest BCUT2D eigenvalue weighted by Gasteiger charge is -2.16. The van der Waals surface area contributed by atoms with Crippen LogP contribution < -0.4 is 5.32 Å². The summed E-state index contributed by atoms with van der Waals surface area (Å²) in [5.41, 5.74) is 2.23. The van der Waals surface area contributed by atoms with Crippen LogP contribution in [0.1, 0.15) is 11.1 Å². The van der Waals surface area contributed by atoms with E-state index in [1.54, 1.807) is 11.9 Å². The molecule has 0 atom stereocenters. The van der Waals surface area contributed by atoms with E-state index in [0.717, 1.165) is 11.1 Å². The molecule has 0 spiro atoms. The molecular weight excluding hydrogens is 260 g/mol. The minimum absolute atomic E-state index is 0.0726. The fraction of sp³-hybridized carbons (Fsp3) is 0.167. The van der Waals surface area contributed by atoms with Gasteiger partial charge in [0.05, 0.1) is 0 Å². The third kappa shape index (κ3) is 5.15. The monoisotopic (exact) mass is 280 g/mol. The molecule has 21 heavy (non-hydrogen) atoms. The van der Waals surface area contributed by atoms with Gasteiger partial charge in [-0.15, -0.1) is 0 Å². The largest absolute Gasteiger partial charge is 0.334 e. The maximum atomic E-state index is 11.9. The molecule has 3 nitrogen and oxygen atoms in total. The van der Waals surface area contributed by atoms with Gasteiger partial charge in [-0.2, -0.15) is 0 Å². The van der Waals surface area contributed by atoms with Crippen molar-refractivity contribution in [3.05, 3.63) is 77.9 Å². The molecule has 1 N–H and O–H groups in total. The second-order valence-electron chi connectivity index (χ2n) is 4.84. The van der Waals surface area contributed by atoms with Crippen molar-refractivity contribution < 1.29 is 4.79 Å². The number of hydrogen-bond acceptors (Lipinski definition) is 1. The van der Waals surface area contributed by atoms with Crippen molar-refractivity contribution >= 4 is 12.1 Å². The van der Waals surface area contributed by atoms with Gasteiger partial charge in [-0.1, -0.05) is 72.8 Å². The molecule has 2 aromatic rings. The predicted molar refractivity (Wildman–Crippen MR) is 86.8 cm³/mol. The molecule has 0 saturated carbocycles. The molecule has 2 amide bonds. The van der Waals surface area contributed by atoms with E-state index >= 15 is 0 Å². The van der Waals surface area contributed by atoms with Crippen LogP contribution in [0.25, 0.3) is 6.08 Å². The summed E-state index contributed by atoms with van der Waals surface area (Å²) in [6.45, 7) is 1.13. The second kappa shape index (κ2) is 7.90. The van der Waals surface area contributed by atoms with Crippen LogP contribution in [-0.2, 0) is 6.54 Å². The van der Waals surface area contributed by atoms with E-state index in [9.17, 15) is 4.79 Å². The van der Waals surface area contributed by atoms with Gasteiger partial charge >= 0.3 is 6.03 Å². The Morgan fingerprint density at radius 3 is 2.33 bits per heavy atom. The van der Waals surface area contributed by atoms with Crippen molar-refractivity contribution in [2.24, 2.45) is 0 Å². The van der Waals surface area contributed by atoms with Crippen LogP contribution in [0.3, 0.4) is 0 Å². The standard InChI is InChI=1S/C18H20N2O/c1-20(14-8-13-16-9-4-2-5-10-16)18(21)19-15-17-11-6-3-7-12-17/h2-13H,14-15H2,1H3,(H,19,21)/b13-8+. The Bertz CT molecular complexity index is 579. The normalized spacial score (nSPS) is 10.5. The maximum Gasteiger partial charge on any atom is 0.317 e. The Morgan fingerprint density at radius 1 is 1.05 bits per heavy atom. The van der Waals surface area contributed by atoms with Gasteiger partial charge in [0.1, 0.15) is 0 Å². The fourth-order valence-corrected chi connectivity index (χ4v) is 1.90. The third-order valence-electron chi connectivity index (χ3n) is 3.12. The van der Waals surface area contributed by atoms with E-state index in [2.05, 4.69) is 5.32 Å². The van der Waals surface area contributed by atoms with Crippen molar-refractivity contribution in [2.45, 2.75) is 6.54 Å². The van der Waals surface area contributed by atoms with Crippen molar-refractivity contribution in [3.8, 4) is 0 Å². The van der Waals surface area contributed by atoms with E-state index < -0.39 is 0 Å². The maximum absolute atomic E-state index is 11.9. The Balaban J connectivity index is 1.76. The third-order valence-corrected chi connectivity index (χ3v) is 3.12. The summed E-state index contributed by atoms with van der Waals surface area (Å²) in [7, 11) is 1.79. The number of rotatable bonds is 5. The fourth-order valence-electron chi connectivity index (χ4n) is 1.90. The topological polar surface area (TPSA) is 32.3 Å². The molecule has 0 heterocycles. The molecule has 0 unspecified atom stereocenters. The van der Waals surface area contributed by atoms with Crippen LogP contribution in [-0.4, -0.2) is 24.5 Å². The number of carbonyl (C=O) groups is 1. The van der Waals surface area contributed by atoms with Gasteiger partial charge in [-0.3, -0.25) is 0 Å². The van der Waals surface area contributed by atoms with Crippen LogP contribution in [0.15, 0.2) is 66.7 Å². The number of nitrogens with one attached hydrogen (secondary N) is 1. The molecule has 0 aromatic heterocycles. The molecule has 0 fully saturated rings. The Labute approximate surface area is 125 Å². The van der Waals surface area contributed by atoms with Crippen LogP contribution in [0.4, 0.5) is 4.79 Å². The minimum Gasteiger partial charge on any atom is -0.334 e. The van der Waals surface area contributed by atoms with Crippen LogP contribution in [0, 0.1) is 0 Å². The molecular formula is C18H20N2O. The zero-order valence-corrected chi connectivity index (χ0v) is 12.2. The molecule has 3 heteroatoms. The van der Waals surface area contributed by atoms with E-state index in [1.165, 1.54) is 0 Å². The van der Waals surface area contributed by atoms with Gasteiger partial charge in [0.2, 0.25) is 0 Å². The van der Waals surface area contributed by atoms with E-state index in [0.29, 0.717) is 13.1 Å². The van der Waals surface area contributed by atoms with Crippen LogP contribution >= 0.6 is 0 Å². The van der Waals surface area contributed by atoms with E-state index in [1.807, 2.05) is 72.8 Å². The number of nitrogens with zero attached hydrogens (tertiary/aromatic N) is 1. The number of urea groups is 1. The number of benzene rings is 2. The summed E-state index contributed by atoms with van der Waals surface area (Å²) < 4.78 is 0. The van der Waals surface area contributed by atoms with Gasteiger partial charge in [0, 0.05) is 20.1 Å². The summed E-state index contributed by atoms with van der Waals surface area (Å²) >= 11 is 0. The van der Waals surface area contributed by atoms with Crippen LogP contribution in [0.2, 0.25) is 0 Å². The summed E-state index contributed by atoms with van der Waals surface area (Å²) in [6.07, 6.45) is 4.00. The van der Waals surface area contributed by atoms with Crippen molar-refractivity contribution in [1.29, 1.82) is 0 Å². The highest BCUT2D eigenvalue weighted by Crippen LogP contribution is 2.01. The molecule has 0 aliphatic rings. The summed E-state index contributed by atoms with van der Waals surface area (Å²) in [4.78, 5) is 13.6. The summed E-state index contributed by atoms with van der Waals surface area (Å²) in [5.74, 6) is 0. The average Bonchev–Trinajstić information content (AvgIpc) is 2.54. The molecule has 2 aromatic carbocycles. The smallest absolute Gasteiger partial charge is 0.317 e. The summed E-state index contributed by atoms with van der Waals surface area (Å²) in [5, 5.41) is 2.90. The first kappa shape index (κ1) is 14.9. The van der Waals surface area contributed by atoms with Gasteiger partial charge < -0.3 is 10.2 Å². The highest BCUT2D eigenvalue weighted by atomic mass is 16.2. The highest BCUT2D eigenvalue weighted by molar-refractivity contribution is 5.74. The Kier molecular flexibility index (Phi) is 5.59. The first-order valence-electron chi connectivity index (χ1n) is 7.00. The predicted octanol–water partition coefficient (Wildman–Crippen LogP) is 3.54. The van der Waals surface area contributed by atoms with Gasteiger partial charge in [0.25, 0.3) is 0 Å². The first-order valence-corrected chi connectivity index (χ1v) is 7.00. The Hall–Kier alpha value is -2.55.